The number of nitro benzene ring substituents is 1. The van der Waals surface area contributed by atoms with E-state index < -0.39 is 4.92 Å². The van der Waals surface area contributed by atoms with Crippen LogP contribution in [-0.4, -0.2) is 16.5 Å². The Morgan fingerprint density at radius 1 is 0.933 bits per heavy atom. The number of carbonyl (C=O) groups excluding carboxylic acids is 1. The molecule has 6 nitrogen and oxygen atoms in total. The lowest BCUT2D eigenvalue weighted by atomic mass is 10.1. The van der Waals surface area contributed by atoms with E-state index in [2.05, 4.69) is 5.32 Å². The number of rotatable bonds is 7. The summed E-state index contributed by atoms with van der Waals surface area (Å²) < 4.78 is 0. The van der Waals surface area contributed by atoms with Gasteiger partial charge in [-0.1, -0.05) is 48.5 Å². The monoisotopic (exact) mass is 401 g/mol. The normalized spacial score (nSPS) is 11.2. The van der Waals surface area contributed by atoms with Crippen LogP contribution in [-0.2, 0) is 11.2 Å². The molecule has 0 aliphatic rings. The van der Waals surface area contributed by atoms with Crippen molar-refractivity contribution in [1.82, 2.24) is 0 Å². The van der Waals surface area contributed by atoms with Gasteiger partial charge in [0.15, 0.2) is 0 Å². The molecule has 3 rings (SSSR count). The first-order chi connectivity index (χ1) is 14.4. The SMILES string of the molecule is Cc1cccc(C)c1N=C(CCc1ccccc1)C(=O)Nc1ccc([N+](=O)[O-])cc1. The zero-order valence-corrected chi connectivity index (χ0v) is 17.0. The van der Waals surface area contributed by atoms with Crippen LogP contribution in [0.15, 0.2) is 77.8 Å². The lowest BCUT2D eigenvalue weighted by molar-refractivity contribution is -0.384. The topological polar surface area (TPSA) is 84.6 Å². The van der Waals surface area contributed by atoms with Gasteiger partial charge in [-0.15, -0.1) is 0 Å². The molecule has 0 saturated carbocycles. The van der Waals surface area contributed by atoms with Crippen molar-refractivity contribution in [1.29, 1.82) is 0 Å². The van der Waals surface area contributed by atoms with Gasteiger partial charge in [-0.05, 0) is 55.5 Å². The molecular weight excluding hydrogens is 378 g/mol. The van der Waals surface area contributed by atoms with E-state index in [0.29, 0.717) is 24.2 Å². The predicted octanol–water partition coefficient (Wildman–Crippen LogP) is 5.56. The highest BCUT2D eigenvalue weighted by Crippen LogP contribution is 2.24. The quantitative estimate of drug-likeness (QED) is 0.320. The van der Waals surface area contributed by atoms with Crippen molar-refractivity contribution in [3.63, 3.8) is 0 Å². The van der Waals surface area contributed by atoms with Gasteiger partial charge in [-0.25, -0.2) is 4.99 Å². The molecule has 1 N–H and O–H groups in total. The number of anilines is 1. The molecule has 30 heavy (non-hydrogen) atoms. The van der Waals surface area contributed by atoms with Crippen molar-refractivity contribution in [3.05, 3.63) is 99.6 Å². The molecule has 0 spiro atoms. The van der Waals surface area contributed by atoms with Crippen LogP contribution >= 0.6 is 0 Å². The molecule has 152 valence electrons. The number of para-hydroxylation sites is 1. The first-order valence-corrected chi connectivity index (χ1v) is 9.67. The second-order valence-electron chi connectivity index (χ2n) is 7.04. The van der Waals surface area contributed by atoms with Gasteiger partial charge in [0, 0.05) is 17.8 Å². The number of nitro groups is 1. The highest BCUT2D eigenvalue weighted by Gasteiger charge is 2.15. The van der Waals surface area contributed by atoms with E-state index in [0.717, 1.165) is 22.4 Å². The Labute approximate surface area is 175 Å². The molecule has 0 fully saturated rings. The number of aliphatic imine (C=N–C) groups is 1. The van der Waals surface area contributed by atoms with Crippen molar-refractivity contribution in [2.75, 3.05) is 5.32 Å². The van der Waals surface area contributed by atoms with E-state index in [-0.39, 0.29) is 11.6 Å². The first kappa shape index (κ1) is 20.9. The first-order valence-electron chi connectivity index (χ1n) is 9.67. The summed E-state index contributed by atoms with van der Waals surface area (Å²) in [5, 5.41) is 13.6. The Kier molecular flexibility index (Phi) is 6.70. The molecule has 0 bridgehead atoms. The van der Waals surface area contributed by atoms with Crippen LogP contribution in [0.3, 0.4) is 0 Å². The Morgan fingerprint density at radius 2 is 1.57 bits per heavy atom. The number of non-ortho nitro benzene ring substituents is 1. The third kappa shape index (κ3) is 5.38. The molecule has 3 aromatic carbocycles. The van der Waals surface area contributed by atoms with Crippen LogP contribution in [0.25, 0.3) is 0 Å². The van der Waals surface area contributed by atoms with Crippen molar-refractivity contribution >= 4 is 28.7 Å². The zero-order chi connectivity index (χ0) is 21.5. The number of carbonyl (C=O) groups is 1. The van der Waals surface area contributed by atoms with Crippen molar-refractivity contribution in [3.8, 4) is 0 Å². The van der Waals surface area contributed by atoms with Gasteiger partial charge in [-0.2, -0.15) is 0 Å². The maximum atomic E-state index is 13.0. The Balaban J connectivity index is 1.86. The molecule has 0 aliphatic heterocycles. The molecule has 0 unspecified atom stereocenters. The minimum atomic E-state index is -0.473. The van der Waals surface area contributed by atoms with E-state index in [1.807, 2.05) is 62.4 Å². The third-order valence-electron chi connectivity index (χ3n) is 4.78. The molecule has 1 amide bonds. The maximum absolute atomic E-state index is 13.0. The Hall–Kier alpha value is -3.80. The van der Waals surface area contributed by atoms with E-state index >= 15 is 0 Å². The molecule has 0 aliphatic carbocycles. The maximum Gasteiger partial charge on any atom is 0.270 e. The zero-order valence-electron chi connectivity index (χ0n) is 17.0. The summed E-state index contributed by atoms with van der Waals surface area (Å²) in [7, 11) is 0. The Morgan fingerprint density at radius 3 is 2.17 bits per heavy atom. The standard InChI is InChI=1S/C24H23N3O3/c1-17-7-6-8-18(2)23(17)26-22(16-11-19-9-4-3-5-10-19)24(28)25-20-12-14-21(15-13-20)27(29)30/h3-10,12-15H,11,16H2,1-2H3,(H,25,28). The number of aryl methyl sites for hydroxylation is 3. The van der Waals surface area contributed by atoms with Crippen LogP contribution in [0.1, 0.15) is 23.1 Å². The summed E-state index contributed by atoms with van der Waals surface area (Å²) in [6.45, 7) is 3.93. The number of nitrogens with one attached hydrogen (secondary N) is 1. The summed E-state index contributed by atoms with van der Waals surface area (Å²) in [4.78, 5) is 28.1. The molecule has 0 aromatic heterocycles. The number of amides is 1. The number of nitrogens with zero attached hydrogens (tertiary/aromatic N) is 2. The third-order valence-corrected chi connectivity index (χ3v) is 4.78. The molecule has 0 atom stereocenters. The molecule has 0 radical (unpaired) electrons. The molecule has 0 saturated heterocycles. The largest absolute Gasteiger partial charge is 0.321 e. The van der Waals surface area contributed by atoms with Crippen LogP contribution in [0.2, 0.25) is 0 Å². The van der Waals surface area contributed by atoms with Crippen LogP contribution < -0.4 is 5.32 Å². The van der Waals surface area contributed by atoms with Gasteiger partial charge in [-0.3, -0.25) is 14.9 Å². The van der Waals surface area contributed by atoms with Gasteiger partial charge in [0.05, 0.1) is 10.6 Å². The summed E-state index contributed by atoms with van der Waals surface area (Å²) >= 11 is 0. The van der Waals surface area contributed by atoms with Crippen molar-refractivity contribution in [2.45, 2.75) is 26.7 Å². The van der Waals surface area contributed by atoms with Gasteiger partial charge < -0.3 is 5.32 Å². The summed E-state index contributed by atoms with van der Waals surface area (Å²) in [6, 6.07) is 21.6. The minimum absolute atomic E-state index is 0.0264. The molecule has 3 aromatic rings. The minimum Gasteiger partial charge on any atom is -0.321 e. The lowest BCUT2D eigenvalue weighted by Crippen LogP contribution is -2.23. The molecule has 0 heterocycles. The van der Waals surface area contributed by atoms with Crippen molar-refractivity contribution in [2.24, 2.45) is 4.99 Å². The lowest BCUT2D eigenvalue weighted by Gasteiger charge is -2.11. The summed E-state index contributed by atoms with van der Waals surface area (Å²) in [5.41, 5.74) is 4.77. The summed E-state index contributed by atoms with van der Waals surface area (Å²) in [5.74, 6) is -0.317. The average molecular weight is 401 g/mol. The second kappa shape index (κ2) is 9.60. The smallest absolute Gasteiger partial charge is 0.270 e. The number of hydrogen-bond donors (Lipinski definition) is 1. The molecule has 6 heteroatoms. The van der Waals surface area contributed by atoms with Crippen LogP contribution in [0.5, 0.6) is 0 Å². The molecular formula is C24H23N3O3. The highest BCUT2D eigenvalue weighted by atomic mass is 16.6. The van der Waals surface area contributed by atoms with Gasteiger partial charge in [0.2, 0.25) is 0 Å². The van der Waals surface area contributed by atoms with E-state index in [9.17, 15) is 14.9 Å². The van der Waals surface area contributed by atoms with E-state index in [4.69, 9.17) is 4.99 Å². The van der Waals surface area contributed by atoms with Crippen LogP contribution in [0, 0.1) is 24.0 Å². The number of benzene rings is 3. The summed E-state index contributed by atoms with van der Waals surface area (Å²) in [6.07, 6.45) is 1.15. The fraction of sp³-hybridized carbons (Fsp3) is 0.167. The predicted molar refractivity (Wildman–Crippen MR) is 120 cm³/mol. The van der Waals surface area contributed by atoms with Gasteiger partial charge in [0.25, 0.3) is 11.6 Å². The highest BCUT2D eigenvalue weighted by molar-refractivity contribution is 6.43. The fourth-order valence-corrected chi connectivity index (χ4v) is 3.11. The van der Waals surface area contributed by atoms with E-state index in [1.54, 1.807) is 0 Å². The van der Waals surface area contributed by atoms with Crippen molar-refractivity contribution < 1.29 is 9.72 Å². The Bertz CT molecular complexity index is 1050. The van der Waals surface area contributed by atoms with E-state index in [1.165, 1.54) is 24.3 Å². The van der Waals surface area contributed by atoms with Gasteiger partial charge in [0.1, 0.15) is 5.71 Å². The van der Waals surface area contributed by atoms with Crippen LogP contribution in [0.4, 0.5) is 17.1 Å². The van der Waals surface area contributed by atoms with Gasteiger partial charge >= 0.3 is 0 Å². The average Bonchev–Trinajstić information content (AvgIpc) is 2.74. The fourth-order valence-electron chi connectivity index (χ4n) is 3.11. The number of hydrogen-bond acceptors (Lipinski definition) is 4. The second-order valence-corrected chi connectivity index (χ2v) is 7.04.